The molecule has 0 heterocycles. The fourth-order valence-electron chi connectivity index (χ4n) is 2.80. The average molecular weight is 423 g/mol. The lowest BCUT2D eigenvalue weighted by molar-refractivity contribution is -0.895. The highest BCUT2D eigenvalue weighted by Gasteiger charge is 2.09. The number of carbonyl (C=O) groups is 2. The largest absolute Gasteiger partial charge is 0.346 e. The standard InChI is InChI=1S/C21H25Cl2N3O2/c1-3-26(4-2)12-11-24-21(28)16-6-8-17(9-7-16)25-20(27)14-15-5-10-18(22)19(23)13-15/h5-10,13H,3-4,11-12,14H2,1-2H3,(H,24,28)(H,25,27)/p+1. The second-order valence-corrected chi connectivity index (χ2v) is 7.33. The van der Waals surface area contributed by atoms with Gasteiger partial charge in [-0.05, 0) is 55.8 Å². The first kappa shape index (κ1) is 22.2. The lowest BCUT2D eigenvalue weighted by atomic mass is 10.1. The lowest BCUT2D eigenvalue weighted by Gasteiger charge is -2.15. The number of hydrogen-bond donors (Lipinski definition) is 3. The van der Waals surface area contributed by atoms with Gasteiger partial charge < -0.3 is 15.5 Å². The van der Waals surface area contributed by atoms with Crippen LogP contribution in [0.1, 0.15) is 29.8 Å². The molecule has 0 aliphatic rings. The molecule has 0 saturated carbocycles. The number of benzene rings is 2. The normalized spacial score (nSPS) is 10.8. The van der Waals surface area contributed by atoms with Gasteiger partial charge in [-0.1, -0.05) is 29.3 Å². The molecule has 0 spiro atoms. The van der Waals surface area contributed by atoms with Gasteiger partial charge in [0.1, 0.15) is 0 Å². The van der Waals surface area contributed by atoms with Crippen LogP contribution in [0.3, 0.4) is 0 Å². The molecular formula is C21H26Cl2N3O2+. The van der Waals surface area contributed by atoms with Gasteiger partial charge in [0.25, 0.3) is 5.91 Å². The molecule has 0 fully saturated rings. The van der Waals surface area contributed by atoms with Gasteiger partial charge in [0, 0.05) is 11.3 Å². The first-order chi connectivity index (χ1) is 13.4. The van der Waals surface area contributed by atoms with Crippen LogP contribution in [0.4, 0.5) is 5.69 Å². The van der Waals surface area contributed by atoms with Crippen molar-refractivity contribution in [3.63, 3.8) is 0 Å². The number of halogens is 2. The maximum absolute atomic E-state index is 12.2. The molecule has 0 aliphatic carbocycles. The molecule has 2 amide bonds. The molecule has 0 bridgehead atoms. The number of carbonyl (C=O) groups excluding carboxylic acids is 2. The summed E-state index contributed by atoms with van der Waals surface area (Å²) in [6.07, 6.45) is 0.187. The Kier molecular flexibility index (Phi) is 8.77. The topological polar surface area (TPSA) is 62.6 Å². The van der Waals surface area contributed by atoms with Gasteiger partial charge in [-0.3, -0.25) is 9.59 Å². The van der Waals surface area contributed by atoms with E-state index in [-0.39, 0.29) is 18.2 Å². The summed E-state index contributed by atoms with van der Waals surface area (Å²) < 4.78 is 0. The maximum Gasteiger partial charge on any atom is 0.251 e. The Morgan fingerprint density at radius 3 is 2.25 bits per heavy atom. The van der Waals surface area contributed by atoms with Crippen molar-refractivity contribution in [1.82, 2.24) is 5.32 Å². The second-order valence-electron chi connectivity index (χ2n) is 6.51. The summed E-state index contributed by atoms with van der Waals surface area (Å²) in [5.41, 5.74) is 1.98. The van der Waals surface area contributed by atoms with Gasteiger partial charge >= 0.3 is 0 Å². The van der Waals surface area contributed by atoms with Crippen LogP contribution in [0.15, 0.2) is 42.5 Å². The minimum absolute atomic E-state index is 0.111. The van der Waals surface area contributed by atoms with Crippen molar-refractivity contribution >= 4 is 40.7 Å². The minimum atomic E-state index is -0.169. The van der Waals surface area contributed by atoms with E-state index in [4.69, 9.17) is 23.2 Å². The third kappa shape index (κ3) is 6.82. The molecule has 0 saturated heterocycles. The smallest absolute Gasteiger partial charge is 0.251 e. The van der Waals surface area contributed by atoms with Crippen molar-refractivity contribution in [3.8, 4) is 0 Å². The maximum atomic E-state index is 12.2. The molecule has 28 heavy (non-hydrogen) atoms. The van der Waals surface area contributed by atoms with E-state index in [2.05, 4.69) is 24.5 Å². The molecule has 3 N–H and O–H groups in total. The summed E-state index contributed by atoms with van der Waals surface area (Å²) >= 11 is 11.9. The zero-order chi connectivity index (χ0) is 20.5. The van der Waals surface area contributed by atoms with Crippen LogP contribution in [0, 0.1) is 0 Å². The van der Waals surface area contributed by atoms with Crippen LogP contribution in [0.5, 0.6) is 0 Å². The average Bonchev–Trinajstić information content (AvgIpc) is 2.68. The van der Waals surface area contributed by atoms with Gasteiger partial charge in [-0.25, -0.2) is 0 Å². The quantitative estimate of drug-likeness (QED) is 0.581. The Labute approximate surface area is 176 Å². The van der Waals surface area contributed by atoms with E-state index < -0.39 is 0 Å². The molecule has 0 radical (unpaired) electrons. The number of anilines is 1. The van der Waals surface area contributed by atoms with Gasteiger partial charge in [-0.15, -0.1) is 0 Å². The third-order valence-electron chi connectivity index (χ3n) is 4.54. The van der Waals surface area contributed by atoms with E-state index in [0.29, 0.717) is 27.8 Å². The Balaban J connectivity index is 1.85. The summed E-state index contributed by atoms with van der Waals surface area (Å²) in [5, 5.41) is 6.62. The summed E-state index contributed by atoms with van der Waals surface area (Å²) in [7, 11) is 0. The van der Waals surface area contributed by atoms with Crippen LogP contribution < -0.4 is 15.5 Å². The fraction of sp³-hybridized carbons (Fsp3) is 0.333. The lowest BCUT2D eigenvalue weighted by Crippen LogP contribution is -3.12. The van der Waals surface area contributed by atoms with Crippen molar-refractivity contribution in [2.75, 3.05) is 31.5 Å². The number of rotatable bonds is 9. The number of amides is 2. The second kappa shape index (κ2) is 11.1. The van der Waals surface area contributed by atoms with E-state index in [1.807, 2.05) is 0 Å². The monoisotopic (exact) mass is 422 g/mol. The van der Waals surface area contributed by atoms with Gasteiger partial charge in [-0.2, -0.15) is 0 Å². The molecule has 0 unspecified atom stereocenters. The summed E-state index contributed by atoms with van der Waals surface area (Å²) in [5.74, 6) is -0.280. The van der Waals surface area contributed by atoms with Gasteiger partial charge in [0.2, 0.25) is 5.91 Å². The number of nitrogens with one attached hydrogen (secondary N) is 3. The van der Waals surface area contributed by atoms with E-state index >= 15 is 0 Å². The predicted molar refractivity (Wildman–Crippen MR) is 114 cm³/mol. The van der Waals surface area contributed by atoms with Gasteiger partial charge in [0.05, 0.1) is 42.6 Å². The Bertz CT molecular complexity index is 806. The third-order valence-corrected chi connectivity index (χ3v) is 5.28. The van der Waals surface area contributed by atoms with E-state index in [1.165, 1.54) is 4.90 Å². The highest BCUT2D eigenvalue weighted by molar-refractivity contribution is 6.42. The molecule has 2 aromatic carbocycles. The predicted octanol–water partition coefficient (Wildman–Crippen LogP) is 2.83. The Morgan fingerprint density at radius 1 is 0.964 bits per heavy atom. The summed E-state index contributed by atoms with van der Waals surface area (Å²) in [6.45, 7) is 7.90. The summed E-state index contributed by atoms with van der Waals surface area (Å²) in [6, 6.07) is 12.0. The SMILES string of the molecule is CC[NH+](CC)CCNC(=O)c1ccc(NC(=O)Cc2ccc(Cl)c(Cl)c2)cc1. The zero-order valence-corrected chi connectivity index (χ0v) is 17.7. The highest BCUT2D eigenvalue weighted by Crippen LogP contribution is 2.23. The van der Waals surface area contributed by atoms with E-state index in [9.17, 15) is 9.59 Å². The van der Waals surface area contributed by atoms with Gasteiger partial charge in [0.15, 0.2) is 0 Å². The van der Waals surface area contributed by atoms with Crippen molar-refractivity contribution in [2.24, 2.45) is 0 Å². The molecule has 5 nitrogen and oxygen atoms in total. The van der Waals surface area contributed by atoms with Crippen LogP contribution in [-0.2, 0) is 11.2 Å². The molecule has 0 aromatic heterocycles. The van der Waals surface area contributed by atoms with Crippen molar-refractivity contribution in [1.29, 1.82) is 0 Å². The number of quaternary nitrogens is 1. The highest BCUT2D eigenvalue weighted by atomic mass is 35.5. The molecule has 0 aliphatic heterocycles. The Morgan fingerprint density at radius 2 is 1.64 bits per heavy atom. The van der Waals surface area contributed by atoms with Crippen LogP contribution in [0.25, 0.3) is 0 Å². The molecule has 0 atom stereocenters. The van der Waals surface area contributed by atoms with Crippen molar-refractivity contribution < 1.29 is 14.5 Å². The van der Waals surface area contributed by atoms with Crippen LogP contribution in [-0.4, -0.2) is 38.0 Å². The molecule has 2 rings (SSSR count). The zero-order valence-electron chi connectivity index (χ0n) is 16.1. The summed E-state index contributed by atoms with van der Waals surface area (Å²) in [4.78, 5) is 25.8. The first-order valence-corrected chi connectivity index (χ1v) is 10.1. The van der Waals surface area contributed by atoms with E-state index in [1.54, 1.807) is 42.5 Å². The van der Waals surface area contributed by atoms with Crippen molar-refractivity contribution in [2.45, 2.75) is 20.3 Å². The first-order valence-electron chi connectivity index (χ1n) is 9.38. The van der Waals surface area contributed by atoms with Crippen molar-refractivity contribution in [3.05, 3.63) is 63.6 Å². The minimum Gasteiger partial charge on any atom is -0.346 e. The molecular weight excluding hydrogens is 397 g/mol. The Hall–Kier alpha value is -2.08. The van der Waals surface area contributed by atoms with Crippen LogP contribution >= 0.6 is 23.2 Å². The molecule has 7 heteroatoms. The number of likely N-dealkylation sites (N-methyl/N-ethyl adjacent to an activating group) is 1. The van der Waals surface area contributed by atoms with Crippen LogP contribution in [0.2, 0.25) is 10.0 Å². The van der Waals surface area contributed by atoms with E-state index in [0.717, 1.165) is 25.2 Å². The fourth-order valence-corrected chi connectivity index (χ4v) is 3.12. The molecule has 2 aromatic rings. The number of hydrogen-bond acceptors (Lipinski definition) is 2. The molecule has 150 valence electrons.